The summed E-state index contributed by atoms with van der Waals surface area (Å²) in [6.07, 6.45) is 4.41. The molecule has 2 aromatic rings. The van der Waals surface area contributed by atoms with Gasteiger partial charge in [0.25, 0.3) is 0 Å². The number of hydrogen-bond donors (Lipinski definition) is 5. The summed E-state index contributed by atoms with van der Waals surface area (Å²) in [6, 6.07) is 14.8. The van der Waals surface area contributed by atoms with E-state index in [0.29, 0.717) is 11.1 Å². The zero-order chi connectivity index (χ0) is 27.1. The molecule has 2 amide bonds. The number of carbonyl (C=O) groups excluding carboxylic acids is 2. The summed E-state index contributed by atoms with van der Waals surface area (Å²) in [6.45, 7) is 3.41. The summed E-state index contributed by atoms with van der Waals surface area (Å²) < 4.78 is 28.6. The maximum absolute atomic E-state index is 13.4. The monoisotopic (exact) mass is 527 g/mol. The van der Waals surface area contributed by atoms with Crippen LogP contribution in [0.3, 0.4) is 0 Å². The van der Waals surface area contributed by atoms with Gasteiger partial charge in [-0.3, -0.25) is 15.0 Å². The van der Waals surface area contributed by atoms with Crippen LogP contribution in [0.4, 0.5) is 0 Å². The molecule has 0 aliphatic heterocycles. The quantitative estimate of drug-likeness (QED) is 0.224. The molecule has 9 nitrogen and oxygen atoms in total. The van der Waals surface area contributed by atoms with Gasteiger partial charge in [0, 0.05) is 12.1 Å². The number of amides is 2. The average Bonchev–Trinajstić information content (AvgIpc) is 2.86. The number of sulfonamides is 1. The second kappa shape index (κ2) is 12.3. The Bertz CT molecular complexity index is 1190. The number of rotatable bonds is 11. The number of benzene rings is 2. The largest absolute Gasteiger partial charge is 0.384 e. The van der Waals surface area contributed by atoms with E-state index in [2.05, 4.69) is 15.4 Å². The molecule has 0 radical (unpaired) electrons. The van der Waals surface area contributed by atoms with Crippen LogP contribution in [0, 0.1) is 11.3 Å². The highest BCUT2D eigenvalue weighted by Crippen LogP contribution is 2.27. The van der Waals surface area contributed by atoms with Crippen LogP contribution in [0.15, 0.2) is 54.6 Å². The molecule has 0 saturated heterocycles. The molecule has 1 aliphatic rings. The molecule has 1 saturated carbocycles. The van der Waals surface area contributed by atoms with Gasteiger partial charge in [-0.2, -0.15) is 0 Å². The lowest BCUT2D eigenvalue weighted by Gasteiger charge is -2.33. The van der Waals surface area contributed by atoms with E-state index >= 15 is 0 Å². The molecule has 1 atom stereocenters. The Labute approximate surface area is 219 Å². The number of amidine groups is 1. The van der Waals surface area contributed by atoms with Gasteiger partial charge in [0.2, 0.25) is 21.8 Å². The molecular formula is C27H37N5O4S. The first kappa shape index (κ1) is 28.3. The fourth-order valence-electron chi connectivity index (χ4n) is 4.51. The summed E-state index contributed by atoms with van der Waals surface area (Å²) in [5, 5.41) is 13.1. The normalized spacial score (nSPS) is 15.5. The Morgan fingerprint density at radius 3 is 2.22 bits per heavy atom. The third kappa shape index (κ3) is 8.40. The highest BCUT2D eigenvalue weighted by molar-refractivity contribution is 7.88. The molecule has 1 aliphatic carbocycles. The van der Waals surface area contributed by atoms with E-state index in [4.69, 9.17) is 11.1 Å². The predicted molar refractivity (Wildman–Crippen MR) is 144 cm³/mol. The van der Waals surface area contributed by atoms with Crippen LogP contribution < -0.4 is 21.1 Å². The van der Waals surface area contributed by atoms with E-state index in [-0.39, 0.29) is 24.1 Å². The summed E-state index contributed by atoms with van der Waals surface area (Å²) in [5.41, 5.74) is 6.24. The number of carbonyl (C=O) groups is 2. The van der Waals surface area contributed by atoms with Crippen LogP contribution in [-0.2, 0) is 31.9 Å². The SMILES string of the molecule is CC(C)(NC(=O)C(NS(=O)(=O)Cc1ccccc1)C1CCCCC1)C(=O)NCc1ccc(C(=N)N)cc1. The molecule has 3 rings (SSSR count). The van der Waals surface area contributed by atoms with Crippen molar-refractivity contribution in [2.45, 2.75) is 69.8 Å². The van der Waals surface area contributed by atoms with Gasteiger partial charge in [-0.15, -0.1) is 0 Å². The summed E-state index contributed by atoms with van der Waals surface area (Å²) in [4.78, 5) is 26.4. The van der Waals surface area contributed by atoms with E-state index in [1.54, 1.807) is 62.4 Å². The van der Waals surface area contributed by atoms with E-state index < -0.39 is 33.4 Å². The standard InChI is InChI=1S/C27H37N5O4S/c1-27(2,26(34)30-17-19-13-15-22(16-14-19)24(28)29)31-25(33)23(21-11-7-4-8-12-21)32-37(35,36)18-20-9-5-3-6-10-20/h3,5-6,9-10,13-16,21,23,32H,4,7-8,11-12,17-18H2,1-2H3,(H3,28,29)(H,30,34)(H,31,33). The van der Waals surface area contributed by atoms with Crippen molar-refractivity contribution in [3.05, 3.63) is 71.3 Å². The van der Waals surface area contributed by atoms with Crippen LogP contribution in [0.2, 0.25) is 0 Å². The molecule has 2 aromatic carbocycles. The van der Waals surface area contributed by atoms with E-state index in [9.17, 15) is 18.0 Å². The van der Waals surface area contributed by atoms with Crippen molar-refractivity contribution in [1.29, 1.82) is 5.41 Å². The molecule has 0 aromatic heterocycles. The molecule has 1 fully saturated rings. The molecule has 6 N–H and O–H groups in total. The predicted octanol–water partition coefficient (Wildman–Crippen LogP) is 2.55. The summed E-state index contributed by atoms with van der Waals surface area (Å²) in [5.74, 6) is -1.30. The molecule has 10 heteroatoms. The highest BCUT2D eigenvalue weighted by atomic mass is 32.2. The van der Waals surface area contributed by atoms with Crippen LogP contribution >= 0.6 is 0 Å². The van der Waals surface area contributed by atoms with Crippen LogP contribution in [-0.4, -0.2) is 37.6 Å². The Morgan fingerprint density at radius 1 is 1.00 bits per heavy atom. The van der Waals surface area contributed by atoms with Gasteiger partial charge in [-0.25, -0.2) is 13.1 Å². The lowest BCUT2D eigenvalue weighted by Crippen LogP contribution is -2.60. The molecule has 0 spiro atoms. The van der Waals surface area contributed by atoms with Gasteiger partial charge >= 0.3 is 0 Å². The number of nitrogen functional groups attached to an aromatic ring is 1. The van der Waals surface area contributed by atoms with E-state index in [1.165, 1.54) is 0 Å². The lowest BCUT2D eigenvalue weighted by molar-refractivity contribution is -0.133. The number of nitrogens with two attached hydrogens (primary N) is 1. The smallest absolute Gasteiger partial charge is 0.245 e. The molecular weight excluding hydrogens is 490 g/mol. The minimum absolute atomic E-state index is 0.0358. The maximum atomic E-state index is 13.4. The molecule has 37 heavy (non-hydrogen) atoms. The molecule has 0 bridgehead atoms. The average molecular weight is 528 g/mol. The zero-order valence-electron chi connectivity index (χ0n) is 21.4. The van der Waals surface area contributed by atoms with E-state index in [1.807, 2.05) is 6.07 Å². The van der Waals surface area contributed by atoms with Crippen molar-refractivity contribution >= 4 is 27.7 Å². The van der Waals surface area contributed by atoms with Crippen LogP contribution in [0.5, 0.6) is 0 Å². The molecule has 200 valence electrons. The van der Waals surface area contributed by atoms with Gasteiger partial charge in [0.15, 0.2) is 0 Å². The van der Waals surface area contributed by atoms with Crippen molar-refractivity contribution < 1.29 is 18.0 Å². The lowest BCUT2D eigenvalue weighted by atomic mass is 9.83. The fraction of sp³-hybridized carbons (Fsp3) is 0.444. The topological polar surface area (TPSA) is 154 Å². The fourth-order valence-corrected chi connectivity index (χ4v) is 5.91. The van der Waals surface area contributed by atoms with Crippen LogP contribution in [0.1, 0.15) is 62.6 Å². The first-order valence-electron chi connectivity index (χ1n) is 12.5. The van der Waals surface area contributed by atoms with Crippen molar-refractivity contribution in [2.24, 2.45) is 11.7 Å². The van der Waals surface area contributed by atoms with Crippen molar-refractivity contribution in [1.82, 2.24) is 15.4 Å². The van der Waals surface area contributed by atoms with Gasteiger partial charge < -0.3 is 16.4 Å². The van der Waals surface area contributed by atoms with Crippen molar-refractivity contribution in [3.63, 3.8) is 0 Å². The summed E-state index contributed by atoms with van der Waals surface area (Å²) in [7, 11) is -3.80. The molecule has 1 unspecified atom stereocenters. The third-order valence-electron chi connectivity index (χ3n) is 6.63. The van der Waals surface area contributed by atoms with Crippen LogP contribution in [0.25, 0.3) is 0 Å². The van der Waals surface area contributed by atoms with Crippen molar-refractivity contribution in [2.75, 3.05) is 0 Å². The summed E-state index contributed by atoms with van der Waals surface area (Å²) >= 11 is 0. The van der Waals surface area contributed by atoms with Crippen molar-refractivity contribution in [3.8, 4) is 0 Å². The molecule has 0 heterocycles. The van der Waals surface area contributed by atoms with Gasteiger partial charge in [0.1, 0.15) is 17.4 Å². The Balaban J connectivity index is 1.67. The van der Waals surface area contributed by atoms with Gasteiger partial charge in [-0.1, -0.05) is 73.9 Å². The second-order valence-electron chi connectivity index (χ2n) is 10.1. The minimum atomic E-state index is -3.80. The van der Waals surface area contributed by atoms with E-state index in [0.717, 1.165) is 37.7 Å². The Kier molecular flexibility index (Phi) is 9.45. The first-order valence-corrected chi connectivity index (χ1v) is 14.2. The highest BCUT2D eigenvalue weighted by Gasteiger charge is 2.37. The Hall–Kier alpha value is -3.24. The minimum Gasteiger partial charge on any atom is -0.384 e. The van der Waals surface area contributed by atoms with Gasteiger partial charge in [0.05, 0.1) is 5.75 Å². The third-order valence-corrected chi connectivity index (χ3v) is 7.96. The van der Waals surface area contributed by atoms with Gasteiger partial charge in [-0.05, 0) is 43.7 Å². The number of hydrogen-bond acceptors (Lipinski definition) is 5. The first-order chi connectivity index (χ1) is 17.5. The number of nitrogens with one attached hydrogen (secondary N) is 4. The zero-order valence-corrected chi connectivity index (χ0v) is 22.2. The second-order valence-corrected chi connectivity index (χ2v) is 11.9. The Morgan fingerprint density at radius 2 is 1.62 bits per heavy atom. The maximum Gasteiger partial charge on any atom is 0.245 e.